The van der Waals surface area contributed by atoms with E-state index < -0.39 is 29.4 Å². The number of esters is 1. The van der Waals surface area contributed by atoms with Crippen LogP contribution in [0.2, 0.25) is 0 Å². The molecule has 43 heavy (non-hydrogen) atoms. The Balaban J connectivity index is 1.20. The third kappa shape index (κ3) is 6.65. The molecule has 0 radical (unpaired) electrons. The van der Waals surface area contributed by atoms with Crippen LogP contribution >= 0.6 is 0 Å². The minimum atomic E-state index is -5.00. The first-order valence-electron chi connectivity index (χ1n) is 13.9. The maximum absolute atomic E-state index is 15.0. The smallest absolute Gasteiger partial charge is 0.452 e. The van der Waals surface area contributed by atoms with E-state index in [-0.39, 0.29) is 40.9 Å². The van der Waals surface area contributed by atoms with Crippen LogP contribution in [0.5, 0.6) is 0 Å². The van der Waals surface area contributed by atoms with Crippen molar-refractivity contribution in [3.8, 4) is 11.5 Å². The van der Waals surface area contributed by atoms with Crippen molar-refractivity contribution in [3.63, 3.8) is 0 Å². The number of oxazole rings is 1. The van der Waals surface area contributed by atoms with Crippen molar-refractivity contribution in [2.24, 2.45) is 11.8 Å². The Hall–Kier alpha value is -4.42. The van der Waals surface area contributed by atoms with Gasteiger partial charge in [-0.05, 0) is 56.0 Å². The highest BCUT2D eigenvalue weighted by molar-refractivity contribution is 6.04. The topological polar surface area (TPSA) is 105 Å². The quantitative estimate of drug-likeness (QED) is 0.299. The van der Waals surface area contributed by atoms with Gasteiger partial charge in [0.05, 0.1) is 18.7 Å². The summed E-state index contributed by atoms with van der Waals surface area (Å²) in [6.45, 7) is 1.77. The van der Waals surface area contributed by atoms with Gasteiger partial charge in [-0.3, -0.25) is 14.4 Å². The van der Waals surface area contributed by atoms with Crippen LogP contribution < -0.4 is 10.2 Å². The molecule has 9 nitrogen and oxygen atoms in total. The molecule has 1 aliphatic carbocycles. The number of aromatic nitrogens is 1. The van der Waals surface area contributed by atoms with Crippen LogP contribution in [-0.2, 0) is 20.5 Å². The summed E-state index contributed by atoms with van der Waals surface area (Å²) in [7, 11) is 1.36. The number of amides is 2. The van der Waals surface area contributed by atoms with E-state index in [4.69, 9.17) is 9.15 Å². The van der Waals surface area contributed by atoms with Crippen LogP contribution in [0.1, 0.15) is 41.9 Å². The number of ether oxygens (including phenoxy) is 1. The number of carbonyl (C=O) groups is 3. The number of alkyl halides is 3. The maximum atomic E-state index is 15.0. The molecule has 1 saturated carbocycles. The Labute approximate surface area is 244 Å². The average molecular weight is 603 g/mol. The van der Waals surface area contributed by atoms with Gasteiger partial charge < -0.3 is 24.3 Å². The zero-order valence-corrected chi connectivity index (χ0v) is 23.3. The number of hydrogen-bond donors (Lipinski definition) is 1. The summed E-state index contributed by atoms with van der Waals surface area (Å²) in [6.07, 6.45) is -2.50. The van der Waals surface area contributed by atoms with Gasteiger partial charge in [-0.25, -0.2) is 9.37 Å². The van der Waals surface area contributed by atoms with Crippen molar-refractivity contribution in [2.75, 3.05) is 43.5 Å². The fraction of sp³-hybridized carbons (Fsp3) is 0.400. The van der Waals surface area contributed by atoms with E-state index in [0.717, 1.165) is 0 Å². The molecule has 0 atom stereocenters. The van der Waals surface area contributed by atoms with E-state index in [0.29, 0.717) is 57.5 Å². The van der Waals surface area contributed by atoms with Crippen LogP contribution in [0, 0.1) is 17.7 Å². The zero-order chi connectivity index (χ0) is 30.7. The number of rotatable bonds is 6. The van der Waals surface area contributed by atoms with Gasteiger partial charge in [0, 0.05) is 43.3 Å². The number of methoxy groups -OCH3 is 1. The second kappa shape index (κ2) is 12.4. The van der Waals surface area contributed by atoms with Crippen LogP contribution in [0.3, 0.4) is 0 Å². The third-order valence-corrected chi connectivity index (χ3v) is 7.89. The molecule has 2 amide bonds. The fourth-order valence-corrected chi connectivity index (χ4v) is 5.54. The molecule has 5 rings (SSSR count). The van der Waals surface area contributed by atoms with Crippen LogP contribution in [0.4, 0.5) is 28.9 Å². The second-order valence-electron chi connectivity index (χ2n) is 10.6. The lowest BCUT2D eigenvalue weighted by molar-refractivity contribution is -0.153. The molecule has 13 heteroatoms. The SMILES string of the molecule is COC(=O)C1CCC(C(=O)N2CCN(c3ccc(NC(=O)c4nc(-c5ccccc5)oc4C(F)(F)F)c(F)c3)CC2)CC1. The lowest BCUT2D eigenvalue weighted by atomic mass is 9.81. The molecule has 2 heterocycles. The summed E-state index contributed by atoms with van der Waals surface area (Å²) in [6, 6.07) is 11.8. The molecule has 2 aromatic carbocycles. The van der Waals surface area contributed by atoms with Crippen LogP contribution in [-0.4, -0.2) is 61.0 Å². The summed E-state index contributed by atoms with van der Waals surface area (Å²) in [5.41, 5.74) is -0.572. The maximum Gasteiger partial charge on any atom is 0.452 e. The highest BCUT2D eigenvalue weighted by atomic mass is 19.4. The number of nitrogens with zero attached hydrogens (tertiary/aromatic N) is 3. The minimum absolute atomic E-state index is 0.0497. The van der Waals surface area contributed by atoms with E-state index in [2.05, 4.69) is 10.3 Å². The van der Waals surface area contributed by atoms with Crippen molar-refractivity contribution in [1.82, 2.24) is 9.88 Å². The normalized spacial score (nSPS) is 19.2. The first-order chi connectivity index (χ1) is 20.5. The van der Waals surface area contributed by atoms with E-state index in [9.17, 15) is 27.6 Å². The van der Waals surface area contributed by atoms with Gasteiger partial charge in [-0.1, -0.05) is 18.2 Å². The van der Waals surface area contributed by atoms with Gasteiger partial charge in [-0.2, -0.15) is 13.2 Å². The van der Waals surface area contributed by atoms with Crippen LogP contribution in [0.25, 0.3) is 11.5 Å². The molecule has 1 aliphatic heterocycles. The largest absolute Gasteiger partial charge is 0.469 e. The molecule has 1 saturated heterocycles. The zero-order valence-electron chi connectivity index (χ0n) is 23.3. The molecule has 228 valence electrons. The Morgan fingerprint density at radius 2 is 1.60 bits per heavy atom. The van der Waals surface area contributed by atoms with Gasteiger partial charge in [0.1, 0.15) is 5.82 Å². The second-order valence-corrected chi connectivity index (χ2v) is 10.6. The Morgan fingerprint density at radius 1 is 0.953 bits per heavy atom. The standard InChI is InChI=1S/C30H30F4N4O5/c1-42-29(41)20-9-7-19(8-10-20)28(40)38-15-13-37(14-16-38)21-11-12-23(22(31)17-21)35-26(39)24-25(30(32,33)34)43-27(36-24)18-5-3-2-4-6-18/h2-6,11-12,17,19-20H,7-10,13-16H2,1H3,(H,35,39). The molecule has 3 aromatic rings. The summed E-state index contributed by atoms with van der Waals surface area (Å²) >= 11 is 0. The molecule has 1 N–H and O–H groups in total. The number of piperazine rings is 1. The number of nitrogens with one attached hydrogen (secondary N) is 1. The van der Waals surface area contributed by atoms with E-state index in [1.807, 2.05) is 4.90 Å². The Bertz CT molecular complexity index is 1480. The minimum Gasteiger partial charge on any atom is -0.469 e. The van der Waals surface area contributed by atoms with Gasteiger partial charge in [0.2, 0.25) is 17.6 Å². The highest BCUT2D eigenvalue weighted by Crippen LogP contribution is 2.36. The number of benzene rings is 2. The Morgan fingerprint density at radius 3 is 2.21 bits per heavy atom. The van der Waals surface area contributed by atoms with E-state index >= 15 is 4.39 Å². The summed E-state index contributed by atoms with van der Waals surface area (Å²) < 4.78 is 65.6. The van der Waals surface area contributed by atoms with E-state index in [1.165, 1.54) is 31.4 Å². The lowest BCUT2D eigenvalue weighted by Gasteiger charge is -2.38. The van der Waals surface area contributed by atoms with E-state index in [1.54, 1.807) is 29.2 Å². The number of anilines is 2. The number of carbonyl (C=O) groups excluding carboxylic acids is 3. The van der Waals surface area contributed by atoms with Crippen LogP contribution in [0.15, 0.2) is 52.9 Å². The van der Waals surface area contributed by atoms with Crippen molar-refractivity contribution in [3.05, 3.63) is 65.8 Å². The van der Waals surface area contributed by atoms with Crippen molar-refractivity contribution >= 4 is 29.2 Å². The summed E-state index contributed by atoms with van der Waals surface area (Å²) in [5, 5.41) is 2.17. The van der Waals surface area contributed by atoms with Gasteiger partial charge >= 0.3 is 12.1 Å². The lowest BCUT2D eigenvalue weighted by Crippen LogP contribution is -2.50. The molecular weight excluding hydrogens is 572 g/mol. The van der Waals surface area contributed by atoms with Gasteiger partial charge in [0.25, 0.3) is 5.91 Å². The predicted octanol–water partition coefficient (Wildman–Crippen LogP) is 5.38. The molecule has 2 fully saturated rings. The molecule has 0 spiro atoms. The van der Waals surface area contributed by atoms with Gasteiger partial charge in [0.15, 0.2) is 5.69 Å². The third-order valence-electron chi connectivity index (χ3n) is 7.89. The molecule has 0 bridgehead atoms. The first-order valence-corrected chi connectivity index (χ1v) is 13.9. The van der Waals surface area contributed by atoms with Gasteiger partial charge in [-0.15, -0.1) is 0 Å². The number of hydrogen-bond acceptors (Lipinski definition) is 7. The molecule has 2 aliphatic rings. The van der Waals surface area contributed by atoms with Crippen molar-refractivity contribution in [2.45, 2.75) is 31.9 Å². The molecular formula is C30H30F4N4O5. The van der Waals surface area contributed by atoms with Crippen molar-refractivity contribution in [1.29, 1.82) is 0 Å². The molecule has 0 unspecified atom stereocenters. The Kier molecular flexibility index (Phi) is 8.69. The average Bonchev–Trinajstić information content (AvgIpc) is 3.49. The summed E-state index contributed by atoms with van der Waals surface area (Å²) in [4.78, 5) is 45.0. The first kappa shape index (κ1) is 30.1. The van der Waals surface area contributed by atoms with Crippen molar-refractivity contribution < 1.29 is 41.1 Å². The highest BCUT2D eigenvalue weighted by Gasteiger charge is 2.42. The predicted molar refractivity (Wildman–Crippen MR) is 148 cm³/mol. The molecule has 1 aromatic heterocycles. The number of halogens is 4. The summed E-state index contributed by atoms with van der Waals surface area (Å²) in [5.74, 6) is -4.57. The fourth-order valence-electron chi connectivity index (χ4n) is 5.54. The monoisotopic (exact) mass is 602 g/mol.